The third kappa shape index (κ3) is 3.46. The quantitative estimate of drug-likeness (QED) is 0.183. The molecule has 6 aliphatic rings. The first kappa shape index (κ1) is 28.0. The number of ether oxygens (including phenoxy) is 1. The second-order valence-corrected chi connectivity index (χ2v) is 16.4. The Kier molecular flexibility index (Phi) is 5.30. The normalized spacial score (nSPS) is 24.4. The second-order valence-electron chi connectivity index (χ2n) is 16.4. The van der Waals surface area contributed by atoms with Crippen molar-refractivity contribution in [3.63, 3.8) is 0 Å². The fourth-order valence-corrected chi connectivity index (χ4v) is 12.4. The summed E-state index contributed by atoms with van der Waals surface area (Å²) in [4.78, 5) is 0. The smallest absolute Gasteiger partial charge is 0.135 e. The predicted molar refractivity (Wildman–Crippen MR) is 211 cm³/mol. The molecular weight excluding hydrogens is 633 g/mol. The van der Waals surface area contributed by atoms with Crippen LogP contribution < -0.4 is 4.74 Å². The van der Waals surface area contributed by atoms with Crippen LogP contribution in [0.2, 0.25) is 0 Å². The van der Waals surface area contributed by atoms with E-state index in [0.29, 0.717) is 0 Å². The highest BCUT2D eigenvalue weighted by molar-refractivity contribution is 6.12. The van der Waals surface area contributed by atoms with Crippen LogP contribution >= 0.6 is 0 Å². The van der Waals surface area contributed by atoms with E-state index in [9.17, 15) is 0 Å². The molecule has 2 heterocycles. The van der Waals surface area contributed by atoms with Gasteiger partial charge < -0.3 is 9.15 Å². The molecule has 0 radical (unpaired) electrons. The van der Waals surface area contributed by atoms with E-state index < -0.39 is 0 Å². The van der Waals surface area contributed by atoms with Gasteiger partial charge in [-0.05, 0) is 148 Å². The first-order valence-electron chi connectivity index (χ1n) is 19.3. The minimum Gasteiger partial charge on any atom is -0.456 e. The minimum absolute atomic E-state index is 0.166. The van der Waals surface area contributed by atoms with Crippen molar-refractivity contribution in [2.24, 2.45) is 23.7 Å². The molecule has 4 saturated carbocycles. The number of fused-ring (bicyclic) bond motifs is 8. The van der Waals surface area contributed by atoms with Gasteiger partial charge in [0.25, 0.3) is 0 Å². The standard InChI is InChI=1S/C50H36O2/c1-3-12-42-39(8-1)48-35(9-6-13-43(48)50(42)32-22-28-21-29(24-32)25-33(50)23-28)31-16-19-46-41(27-31)38-11-5-10-37-34(17-20-47(52-46)49(37)38)30-15-18-45-40(26-30)36-7-2-4-14-44(36)51-45/h1-20,26-29,32-33H,21-25H2. The van der Waals surface area contributed by atoms with Gasteiger partial charge >= 0.3 is 0 Å². The van der Waals surface area contributed by atoms with E-state index in [1.807, 2.05) is 12.1 Å². The van der Waals surface area contributed by atoms with Crippen molar-refractivity contribution < 1.29 is 9.15 Å². The minimum atomic E-state index is 0.166. The molecular formula is C50H36O2. The SMILES string of the molecule is c1ccc2c(c1)-c1c(-c3ccc4c(c3)-c3cccc5c(-c6ccc7oc8ccccc8c7c6)ccc(c35)O4)cccc1C21C2CC3CC(C2)CC1C3. The first-order valence-corrected chi connectivity index (χ1v) is 19.3. The lowest BCUT2D eigenvalue weighted by atomic mass is 9.43. The van der Waals surface area contributed by atoms with Crippen molar-refractivity contribution in [1.29, 1.82) is 0 Å². The van der Waals surface area contributed by atoms with E-state index in [0.717, 1.165) is 62.7 Å². The maximum absolute atomic E-state index is 6.74. The van der Waals surface area contributed by atoms with Crippen LogP contribution in [-0.2, 0) is 5.41 Å². The van der Waals surface area contributed by atoms with E-state index in [2.05, 4.69) is 121 Å². The van der Waals surface area contributed by atoms with Gasteiger partial charge in [0.15, 0.2) is 0 Å². The van der Waals surface area contributed by atoms with Crippen molar-refractivity contribution in [3.05, 3.63) is 145 Å². The molecule has 5 aliphatic carbocycles. The molecule has 1 aliphatic heterocycles. The molecule has 7 aromatic carbocycles. The summed E-state index contributed by atoms with van der Waals surface area (Å²) in [6.45, 7) is 0. The maximum atomic E-state index is 6.74. The van der Waals surface area contributed by atoms with Gasteiger partial charge in [-0.25, -0.2) is 0 Å². The summed E-state index contributed by atoms with van der Waals surface area (Å²) in [6.07, 6.45) is 7.08. The maximum Gasteiger partial charge on any atom is 0.135 e. The molecule has 1 spiro atoms. The Balaban J connectivity index is 0.980. The lowest BCUT2D eigenvalue weighted by Gasteiger charge is -2.61. The third-order valence-electron chi connectivity index (χ3n) is 14.1. The van der Waals surface area contributed by atoms with E-state index in [-0.39, 0.29) is 5.41 Å². The van der Waals surface area contributed by atoms with Crippen LogP contribution in [0.25, 0.3) is 77.2 Å². The Morgan fingerprint density at radius 2 is 1.12 bits per heavy atom. The number of furan rings is 1. The van der Waals surface area contributed by atoms with Crippen molar-refractivity contribution in [1.82, 2.24) is 0 Å². The summed E-state index contributed by atoms with van der Waals surface area (Å²) in [5, 5.41) is 4.68. The van der Waals surface area contributed by atoms with E-state index >= 15 is 0 Å². The van der Waals surface area contributed by atoms with Crippen molar-refractivity contribution in [3.8, 4) is 56.0 Å². The molecule has 0 amide bonds. The number of hydrogen-bond acceptors (Lipinski definition) is 2. The van der Waals surface area contributed by atoms with Gasteiger partial charge in [0.1, 0.15) is 22.7 Å². The van der Waals surface area contributed by atoms with Gasteiger partial charge in [0.05, 0.1) is 0 Å². The first-order chi connectivity index (χ1) is 25.7. The van der Waals surface area contributed by atoms with Crippen LogP contribution in [0, 0.1) is 23.7 Å². The van der Waals surface area contributed by atoms with E-state index in [1.54, 1.807) is 11.1 Å². The van der Waals surface area contributed by atoms with Gasteiger partial charge in [-0.2, -0.15) is 0 Å². The Hall–Kier alpha value is -5.60. The fraction of sp³-hybridized carbons (Fsp3) is 0.200. The van der Waals surface area contributed by atoms with Gasteiger partial charge in [0.2, 0.25) is 0 Å². The molecule has 1 aromatic heterocycles. The summed E-state index contributed by atoms with van der Waals surface area (Å²) in [6, 6.07) is 49.6. The molecule has 2 heteroatoms. The van der Waals surface area contributed by atoms with Crippen LogP contribution in [0.15, 0.2) is 138 Å². The topological polar surface area (TPSA) is 22.4 Å². The van der Waals surface area contributed by atoms with Crippen LogP contribution in [0.5, 0.6) is 11.5 Å². The molecule has 4 bridgehead atoms. The third-order valence-corrected chi connectivity index (χ3v) is 14.1. The lowest BCUT2D eigenvalue weighted by Crippen LogP contribution is -2.55. The Labute approximate surface area is 302 Å². The molecule has 248 valence electrons. The number of para-hydroxylation sites is 1. The largest absolute Gasteiger partial charge is 0.456 e. The molecule has 2 nitrogen and oxygen atoms in total. The molecule has 0 saturated heterocycles. The zero-order chi connectivity index (χ0) is 33.7. The summed E-state index contributed by atoms with van der Waals surface area (Å²) >= 11 is 0. The number of rotatable bonds is 2. The van der Waals surface area contributed by atoms with Crippen LogP contribution in [0.4, 0.5) is 0 Å². The number of hydrogen-bond donors (Lipinski definition) is 0. The van der Waals surface area contributed by atoms with E-state index in [4.69, 9.17) is 9.15 Å². The zero-order valence-corrected chi connectivity index (χ0v) is 28.9. The summed E-state index contributed by atoms with van der Waals surface area (Å²) < 4.78 is 12.9. The van der Waals surface area contributed by atoms with E-state index in [1.165, 1.54) is 81.8 Å². The highest BCUT2D eigenvalue weighted by atomic mass is 16.5. The molecule has 8 aromatic rings. The Bertz CT molecular complexity index is 2820. The lowest BCUT2D eigenvalue weighted by molar-refractivity contribution is -0.0399. The van der Waals surface area contributed by atoms with Crippen molar-refractivity contribution in [2.45, 2.75) is 37.5 Å². The zero-order valence-electron chi connectivity index (χ0n) is 28.9. The molecule has 0 unspecified atom stereocenters. The van der Waals surface area contributed by atoms with Crippen molar-refractivity contribution in [2.75, 3.05) is 0 Å². The predicted octanol–water partition coefficient (Wildman–Crippen LogP) is 13.6. The van der Waals surface area contributed by atoms with Gasteiger partial charge in [-0.1, -0.05) is 97.1 Å². The average Bonchev–Trinajstić information content (AvgIpc) is 3.70. The summed E-state index contributed by atoms with van der Waals surface area (Å²) in [5.41, 5.74) is 15.6. The average molecular weight is 669 g/mol. The molecule has 0 atom stereocenters. The molecule has 0 N–H and O–H groups in total. The van der Waals surface area contributed by atoms with Crippen LogP contribution in [0.3, 0.4) is 0 Å². The summed E-state index contributed by atoms with van der Waals surface area (Å²) in [7, 11) is 0. The van der Waals surface area contributed by atoms with Gasteiger partial charge in [-0.3, -0.25) is 0 Å². The Morgan fingerprint density at radius 1 is 0.442 bits per heavy atom. The highest BCUT2D eigenvalue weighted by Crippen LogP contribution is 2.70. The fourth-order valence-electron chi connectivity index (χ4n) is 12.4. The molecule has 4 fully saturated rings. The monoisotopic (exact) mass is 668 g/mol. The Morgan fingerprint density at radius 3 is 2.02 bits per heavy atom. The highest BCUT2D eigenvalue weighted by Gasteiger charge is 2.61. The van der Waals surface area contributed by atoms with Gasteiger partial charge in [0, 0.05) is 27.1 Å². The van der Waals surface area contributed by atoms with Crippen molar-refractivity contribution >= 4 is 32.7 Å². The molecule has 14 rings (SSSR count). The number of benzene rings is 7. The van der Waals surface area contributed by atoms with Gasteiger partial charge in [-0.15, -0.1) is 0 Å². The van der Waals surface area contributed by atoms with Crippen LogP contribution in [0.1, 0.15) is 43.2 Å². The van der Waals surface area contributed by atoms with Crippen LogP contribution in [-0.4, -0.2) is 0 Å². The second kappa shape index (κ2) is 9.83. The molecule has 52 heavy (non-hydrogen) atoms. The summed E-state index contributed by atoms with van der Waals surface area (Å²) in [5.74, 6) is 5.24.